The van der Waals surface area contributed by atoms with Crippen LogP contribution in [0.3, 0.4) is 0 Å². The molecule has 4 aromatic rings. The number of aromatic nitrogens is 4. The van der Waals surface area contributed by atoms with Gasteiger partial charge in [0.2, 0.25) is 0 Å². The fraction of sp³-hybridized carbons (Fsp3) is 0.0357. The Bertz CT molecular complexity index is 1670. The molecule has 8 bridgehead atoms. The largest absolute Gasteiger partial charge is 0.482 e. The van der Waals surface area contributed by atoms with Gasteiger partial charge in [-0.15, -0.1) is 0 Å². The number of aromatic amines is 2. The monoisotopic (exact) mass is 460 g/mol. The minimum atomic E-state index is -1.01. The van der Waals surface area contributed by atoms with Crippen LogP contribution in [-0.4, -0.2) is 37.6 Å². The Morgan fingerprint density at radius 3 is 1.91 bits per heavy atom. The Labute approximate surface area is 200 Å². The van der Waals surface area contributed by atoms with Gasteiger partial charge in [-0.05, 0) is 84.5 Å². The van der Waals surface area contributed by atoms with Crippen molar-refractivity contribution < 1.29 is 14.6 Å². The summed E-state index contributed by atoms with van der Waals surface area (Å²) in [6, 6.07) is 23.5. The predicted octanol–water partition coefficient (Wildman–Crippen LogP) is 5.54. The molecule has 2 aliphatic rings. The van der Waals surface area contributed by atoms with Crippen LogP contribution in [-0.2, 0) is 4.79 Å². The van der Waals surface area contributed by atoms with Gasteiger partial charge in [-0.1, -0.05) is 12.1 Å². The van der Waals surface area contributed by atoms with Crippen molar-refractivity contribution in [3.63, 3.8) is 0 Å². The molecule has 3 N–H and O–H groups in total. The zero-order valence-electron chi connectivity index (χ0n) is 18.5. The molecular weight excluding hydrogens is 440 g/mol. The van der Waals surface area contributed by atoms with E-state index in [1.807, 2.05) is 78.9 Å². The molecule has 0 amide bonds. The van der Waals surface area contributed by atoms with Crippen LogP contribution >= 0.6 is 0 Å². The van der Waals surface area contributed by atoms with Gasteiger partial charge in [-0.3, -0.25) is 0 Å². The van der Waals surface area contributed by atoms with E-state index in [4.69, 9.17) is 14.8 Å². The van der Waals surface area contributed by atoms with Crippen LogP contribution in [0, 0.1) is 0 Å². The number of nitrogens with zero attached hydrogens (tertiary/aromatic N) is 2. The lowest BCUT2D eigenvalue weighted by Crippen LogP contribution is -2.09. The molecule has 170 valence electrons. The Morgan fingerprint density at radius 1 is 0.743 bits per heavy atom. The van der Waals surface area contributed by atoms with Gasteiger partial charge in [0.25, 0.3) is 0 Å². The molecule has 5 heterocycles. The number of fused-ring (bicyclic) bond motifs is 8. The Morgan fingerprint density at radius 2 is 1.31 bits per heavy atom. The number of carbonyl (C=O) groups is 1. The molecule has 3 aromatic heterocycles. The second-order valence-electron chi connectivity index (χ2n) is 8.30. The van der Waals surface area contributed by atoms with Gasteiger partial charge < -0.3 is 19.8 Å². The minimum Gasteiger partial charge on any atom is -0.482 e. The van der Waals surface area contributed by atoms with Crippen molar-refractivity contribution in [3.8, 4) is 5.75 Å². The Hall–Kier alpha value is -4.91. The number of benzene rings is 1. The van der Waals surface area contributed by atoms with Crippen molar-refractivity contribution in [1.82, 2.24) is 19.9 Å². The molecule has 0 radical (unpaired) electrons. The van der Waals surface area contributed by atoms with Crippen LogP contribution in [0.25, 0.3) is 45.9 Å². The second-order valence-corrected chi connectivity index (χ2v) is 8.30. The van der Waals surface area contributed by atoms with Gasteiger partial charge in [0.05, 0.1) is 22.8 Å². The van der Waals surface area contributed by atoms with E-state index in [-0.39, 0.29) is 6.61 Å². The van der Waals surface area contributed by atoms with Gasteiger partial charge in [0.15, 0.2) is 6.61 Å². The van der Waals surface area contributed by atoms with Gasteiger partial charge >= 0.3 is 5.97 Å². The fourth-order valence-corrected chi connectivity index (χ4v) is 4.12. The predicted molar refractivity (Wildman–Crippen MR) is 136 cm³/mol. The number of ether oxygens (including phenoxy) is 1. The third-order valence-electron chi connectivity index (χ3n) is 5.69. The zero-order chi connectivity index (χ0) is 23.8. The third-order valence-corrected chi connectivity index (χ3v) is 5.69. The summed E-state index contributed by atoms with van der Waals surface area (Å²) in [5.74, 6) is -0.508. The van der Waals surface area contributed by atoms with Crippen molar-refractivity contribution in [2.45, 2.75) is 0 Å². The molecule has 7 nitrogen and oxygen atoms in total. The fourth-order valence-electron chi connectivity index (χ4n) is 4.12. The molecule has 0 spiro atoms. The van der Waals surface area contributed by atoms with Crippen LogP contribution in [0.1, 0.15) is 28.3 Å². The highest BCUT2D eigenvalue weighted by atomic mass is 16.5. The van der Waals surface area contributed by atoms with E-state index in [2.05, 4.69) is 15.0 Å². The van der Waals surface area contributed by atoms with Crippen molar-refractivity contribution >= 4 is 51.8 Å². The molecule has 35 heavy (non-hydrogen) atoms. The van der Waals surface area contributed by atoms with Gasteiger partial charge in [-0.25, -0.2) is 14.8 Å². The average molecular weight is 460 g/mol. The maximum absolute atomic E-state index is 10.8. The molecule has 0 saturated carbocycles. The maximum Gasteiger partial charge on any atom is 0.341 e. The minimum absolute atomic E-state index is 0.376. The summed E-state index contributed by atoms with van der Waals surface area (Å²) < 4.78 is 5.27. The molecule has 0 saturated heterocycles. The smallest absolute Gasteiger partial charge is 0.341 e. The molecule has 0 atom stereocenters. The molecule has 6 rings (SSSR count). The van der Waals surface area contributed by atoms with Gasteiger partial charge in [0, 0.05) is 27.6 Å². The number of hydrogen-bond donors (Lipinski definition) is 3. The van der Waals surface area contributed by atoms with Crippen LogP contribution in [0.2, 0.25) is 0 Å². The van der Waals surface area contributed by atoms with E-state index in [9.17, 15) is 4.79 Å². The summed E-state index contributed by atoms with van der Waals surface area (Å²) in [5, 5.41) is 8.83. The SMILES string of the molecule is O=C(O)COc1ccc(C2=Cc3cc4ccc(cc5nc(cc6ccc(cc2n3)[nH]6)C=C5)[nH]4)cc1. The normalized spacial score (nSPS) is 12.4. The molecule has 1 aromatic carbocycles. The van der Waals surface area contributed by atoms with Gasteiger partial charge in [0.1, 0.15) is 5.75 Å². The molecule has 0 fully saturated rings. The summed E-state index contributed by atoms with van der Waals surface area (Å²) in [6.07, 6.45) is 6.04. The van der Waals surface area contributed by atoms with E-state index in [0.29, 0.717) is 5.75 Å². The van der Waals surface area contributed by atoms with E-state index in [0.717, 1.165) is 56.0 Å². The van der Waals surface area contributed by atoms with Crippen molar-refractivity contribution in [2.75, 3.05) is 6.61 Å². The maximum atomic E-state index is 10.8. The van der Waals surface area contributed by atoms with Crippen LogP contribution < -0.4 is 4.74 Å². The number of nitrogens with one attached hydrogen (secondary N) is 2. The molecular formula is C28H20N4O3. The van der Waals surface area contributed by atoms with E-state index < -0.39 is 5.97 Å². The van der Waals surface area contributed by atoms with Crippen molar-refractivity contribution in [2.24, 2.45) is 0 Å². The number of carboxylic acid groups (broad SMARTS) is 1. The summed E-state index contributed by atoms with van der Waals surface area (Å²) >= 11 is 0. The first-order valence-corrected chi connectivity index (χ1v) is 11.1. The lowest BCUT2D eigenvalue weighted by atomic mass is 10.0. The van der Waals surface area contributed by atoms with E-state index in [1.54, 1.807) is 12.1 Å². The van der Waals surface area contributed by atoms with Crippen LogP contribution in [0.5, 0.6) is 5.75 Å². The molecule has 0 aliphatic carbocycles. The van der Waals surface area contributed by atoms with E-state index >= 15 is 0 Å². The number of carboxylic acids is 1. The summed E-state index contributed by atoms with van der Waals surface area (Å²) in [4.78, 5) is 27.2. The van der Waals surface area contributed by atoms with Crippen LogP contribution in [0.15, 0.2) is 72.8 Å². The van der Waals surface area contributed by atoms with E-state index in [1.165, 1.54) is 0 Å². The molecule has 2 aliphatic heterocycles. The average Bonchev–Trinajstić information content (AvgIpc) is 3.63. The lowest BCUT2D eigenvalue weighted by Gasteiger charge is -2.06. The highest BCUT2D eigenvalue weighted by Crippen LogP contribution is 2.30. The number of rotatable bonds is 4. The highest BCUT2D eigenvalue weighted by Gasteiger charge is 2.13. The quantitative estimate of drug-likeness (QED) is 0.321. The Kier molecular flexibility index (Phi) is 5.00. The summed E-state index contributed by atoms with van der Waals surface area (Å²) in [7, 11) is 0. The summed E-state index contributed by atoms with van der Waals surface area (Å²) in [5.41, 5.74) is 9.13. The first-order chi connectivity index (χ1) is 17.1. The molecule has 7 heteroatoms. The first-order valence-electron chi connectivity index (χ1n) is 11.1. The second kappa shape index (κ2) is 8.46. The number of H-pyrrole nitrogens is 2. The number of aliphatic carboxylic acids is 1. The standard InChI is InChI=1S/C28H20N4O3/c33-28(34)16-35-25-9-1-17(2-10-25)26-14-24-13-22-6-5-20(30-22)11-18-3-4-19(29-18)12-21-7-8-23(31-21)15-27(26)32-24/h1-15,30-31H,16H2,(H,33,34). The Balaban J connectivity index is 1.50. The van der Waals surface area contributed by atoms with Gasteiger partial charge in [-0.2, -0.15) is 0 Å². The highest BCUT2D eigenvalue weighted by molar-refractivity contribution is 5.93. The van der Waals surface area contributed by atoms with Crippen molar-refractivity contribution in [1.29, 1.82) is 0 Å². The zero-order valence-corrected chi connectivity index (χ0v) is 18.5. The summed E-state index contributed by atoms with van der Waals surface area (Å²) in [6.45, 7) is -0.376. The first kappa shape index (κ1) is 20.7. The van der Waals surface area contributed by atoms with Crippen molar-refractivity contribution in [3.05, 3.63) is 101 Å². The molecule has 0 unspecified atom stereocenters. The topological polar surface area (TPSA) is 104 Å². The lowest BCUT2D eigenvalue weighted by molar-refractivity contribution is -0.139. The third kappa shape index (κ3) is 4.47. The van der Waals surface area contributed by atoms with Crippen LogP contribution in [0.4, 0.5) is 0 Å². The number of hydrogen-bond acceptors (Lipinski definition) is 4.